The van der Waals surface area contributed by atoms with E-state index in [4.69, 9.17) is 24.7 Å². The van der Waals surface area contributed by atoms with Gasteiger partial charge in [0.25, 0.3) is 5.85 Å². The first-order valence-corrected chi connectivity index (χ1v) is 11.4. The van der Waals surface area contributed by atoms with E-state index in [0.29, 0.717) is 5.52 Å². The number of ether oxygens (including phenoxy) is 4. The zero-order chi connectivity index (χ0) is 26.1. The van der Waals surface area contributed by atoms with E-state index in [1.807, 2.05) is 0 Å². The minimum Gasteiger partial charge on any atom is -0.459 e. The van der Waals surface area contributed by atoms with E-state index in [-0.39, 0.29) is 11.5 Å². The number of aromatic nitrogens is 3. The number of nitrogen functional groups attached to an aromatic ring is 1. The molecular formula is C23H31FN4O7. The number of nitrogens with zero attached hydrogens (tertiary/aromatic N) is 3. The van der Waals surface area contributed by atoms with Crippen molar-refractivity contribution in [3.05, 3.63) is 24.2 Å². The van der Waals surface area contributed by atoms with Crippen LogP contribution in [0.4, 0.5) is 10.2 Å². The largest absolute Gasteiger partial charge is 0.459 e. The molecule has 11 nitrogen and oxygen atoms in total. The number of nitrogens with two attached hydrogens (primary N) is 1. The molecule has 0 unspecified atom stereocenters. The highest BCUT2D eigenvalue weighted by Gasteiger charge is 2.62. The number of esters is 3. The lowest BCUT2D eigenvalue weighted by Crippen LogP contribution is -2.48. The SMILES string of the molecule is CC(C)C(=O)OC[C@@]1(F)O[C@@H](c2ccc3c(N)ncnn23)[C@H](OC(=O)C(C)C)[C@@H]1OC(=O)C(C)C. The van der Waals surface area contributed by atoms with Gasteiger partial charge in [-0.05, 0) is 12.1 Å². The minimum absolute atomic E-state index is 0.167. The van der Waals surface area contributed by atoms with Gasteiger partial charge in [-0.2, -0.15) is 5.10 Å². The third-order valence-electron chi connectivity index (χ3n) is 5.47. The highest BCUT2D eigenvalue weighted by molar-refractivity contribution is 5.73. The number of halogens is 1. The van der Waals surface area contributed by atoms with Crippen LogP contribution in [0.15, 0.2) is 18.5 Å². The Hall–Kier alpha value is -3.28. The Morgan fingerprint density at radius 3 is 2.26 bits per heavy atom. The molecule has 35 heavy (non-hydrogen) atoms. The first kappa shape index (κ1) is 26.3. The van der Waals surface area contributed by atoms with Crippen LogP contribution >= 0.6 is 0 Å². The van der Waals surface area contributed by atoms with Crippen molar-refractivity contribution in [3.63, 3.8) is 0 Å². The quantitative estimate of drug-likeness (QED) is 0.429. The van der Waals surface area contributed by atoms with Crippen LogP contribution in [0.2, 0.25) is 0 Å². The second-order valence-corrected chi connectivity index (χ2v) is 9.36. The molecule has 0 aromatic carbocycles. The fourth-order valence-corrected chi connectivity index (χ4v) is 3.43. The number of alkyl halides is 1. The number of fused-ring (bicyclic) bond motifs is 1. The van der Waals surface area contributed by atoms with E-state index in [0.717, 1.165) is 0 Å². The predicted molar refractivity (Wildman–Crippen MR) is 120 cm³/mol. The highest BCUT2D eigenvalue weighted by Crippen LogP contribution is 2.45. The topological polar surface area (TPSA) is 144 Å². The van der Waals surface area contributed by atoms with Gasteiger partial charge in [0.05, 0.1) is 23.4 Å². The van der Waals surface area contributed by atoms with Crippen LogP contribution < -0.4 is 5.73 Å². The Labute approximate surface area is 202 Å². The second-order valence-electron chi connectivity index (χ2n) is 9.36. The third-order valence-corrected chi connectivity index (χ3v) is 5.47. The Kier molecular flexibility index (Phi) is 7.63. The molecule has 4 atom stereocenters. The Morgan fingerprint density at radius 2 is 1.66 bits per heavy atom. The maximum Gasteiger partial charge on any atom is 0.308 e. The van der Waals surface area contributed by atoms with Crippen molar-refractivity contribution in [2.75, 3.05) is 12.3 Å². The number of anilines is 1. The number of hydrogen-bond donors (Lipinski definition) is 1. The van der Waals surface area contributed by atoms with E-state index in [1.165, 1.54) is 10.8 Å². The standard InChI is InChI=1S/C23H31FN4O7/c1-11(2)20(29)32-9-23(24)18(34-22(31)13(5)6)17(33-21(30)12(3)4)16(35-23)14-7-8-15-19(25)26-10-27-28(14)15/h7-8,10-13,16-18H,9H2,1-6H3,(H2,25,26,27)/t16-,17-,18-,23+/m0/s1. The molecule has 1 fully saturated rings. The average Bonchev–Trinajstić information content (AvgIpc) is 3.33. The van der Waals surface area contributed by atoms with Crippen molar-refractivity contribution in [2.45, 2.75) is 65.7 Å². The van der Waals surface area contributed by atoms with Gasteiger partial charge in [-0.1, -0.05) is 41.5 Å². The predicted octanol–water partition coefficient (Wildman–Crippen LogP) is 2.38. The smallest absolute Gasteiger partial charge is 0.308 e. The Morgan fingerprint density at radius 1 is 1.06 bits per heavy atom. The number of carbonyl (C=O) groups is 3. The number of carbonyl (C=O) groups excluding carboxylic acids is 3. The van der Waals surface area contributed by atoms with Crippen LogP contribution in [0.5, 0.6) is 0 Å². The fourth-order valence-electron chi connectivity index (χ4n) is 3.43. The molecule has 12 heteroatoms. The van der Waals surface area contributed by atoms with Crippen molar-refractivity contribution in [1.29, 1.82) is 0 Å². The van der Waals surface area contributed by atoms with Crippen molar-refractivity contribution >= 4 is 29.2 Å². The lowest BCUT2D eigenvalue weighted by Gasteiger charge is -2.28. The molecular weight excluding hydrogens is 463 g/mol. The normalized spacial score (nSPS) is 24.3. The van der Waals surface area contributed by atoms with Crippen LogP contribution in [0.1, 0.15) is 53.3 Å². The first-order valence-electron chi connectivity index (χ1n) is 11.4. The third kappa shape index (κ3) is 5.37. The number of hydrogen-bond acceptors (Lipinski definition) is 10. The molecule has 0 aliphatic carbocycles. The Bertz CT molecular complexity index is 1100. The summed E-state index contributed by atoms with van der Waals surface area (Å²) in [7, 11) is 0. The molecule has 192 valence electrons. The average molecular weight is 495 g/mol. The van der Waals surface area contributed by atoms with E-state index in [9.17, 15) is 14.4 Å². The van der Waals surface area contributed by atoms with Crippen molar-refractivity contribution in [2.24, 2.45) is 17.8 Å². The van der Waals surface area contributed by atoms with Crippen molar-refractivity contribution in [3.8, 4) is 0 Å². The van der Waals surface area contributed by atoms with Gasteiger partial charge < -0.3 is 24.7 Å². The van der Waals surface area contributed by atoms with Gasteiger partial charge in [0.1, 0.15) is 17.9 Å². The van der Waals surface area contributed by atoms with E-state index in [1.54, 1.807) is 53.7 Å². The minimum atomic E-state index is -2.82. The summed E-state index contributed by atoms with van der Waals surface area (Å²) in [5.74, 6) is -6.43. The zero-order valence-corrected chi connectivity index (χ0v) is 20.6. The molecule has 2 N–H and O–H groups in total. The highest BCUT2D eigenvalue weighted by atomic mass is 19.2. The number of rotatable bonds is 8. The van der Waals surface area contributed by atoms with Crippen LogP contribution in [-0.2, 0) is 33.3 Å². The molecule has 2 aromatic rings. The van der Waals surface area contributed by atoms with Crippen molar-refractivity contribution < 1.29 is 37.7 Å². The lowest BCUT2D eigenvalue weighted by atomic mass is 10.0. The fraction of sp³-hybridized carbons (Fsp3) is 0.609. The maximum absolute atomic E-state index is 16.4. The van der Waals surface area contributed by atoms with Gasteiger partial charge >= 0.3 is 17.9 Å². The summed E-state index contributed by atoms with van der Waals surface area (Å²) < 4.78 is 39.7. The van der Waals surface area contributed by atoms with Crippen LogP contribution in [0.25, 0.3) is 5.52 Å². The summed E-state index contributed by atoms with van der Waals surface area (Å²) in [6, 6.07) is 3.16. The van der Waals surface area contributed by atoms with E-state index in [2.05, 4.69) is 10.1 Å². The van der Waals surface area contributed by atoms with Gasteiger partial charge in [0.15, 0.2) is 18.5 Å². The van der Waals surface area contributed by atoms with Gasteiger partial charge in [-0.3, -0.25) is 14.4 Å². The van der Waals surface area contributed by atoms with Crippen molar-refractivity contribution in [1.82, 2.24) is 14.6 Å². The Balaban J connectivity index is 2.09. The van der Waals surface area contributed by atoms with Gasteiger partial charge in [0, 0.05) is 0 Å². The van der Waals surface area contributed by atoms with Gasteiger partial charge in [-0.25, -0.2) is 13.9 Å². The summed E-state index contributed by atoms with van der Waals surface area (Å²) >= 11 is 0. The molecule has 1 aliphatic rings. The molecule has 1 aliphatic heterocycles. The van der Waals surface area contributed by atoms with Crippen LogP contribution in [-0.4, -0.2) is 57.2 Å². The zero-order valence-electron chi connectivity index (χ0n) is 20.6. The van der Waals surface area contributed by atoms with Gasteiger partial charge in [-0.15, -0.1) is 0 Å². The van der Waals surface area contributed by atoms with E-state index >= 15 is 4.39 Å². The molecule has 2 aromatic heterocycles. The molecule has 0 radical (unpaired) electrons. The van der Waals surface area contributed by atoms with Crippen LogP contribution in [0.3, 0.4) is 0 Å². The molecule has 0 spiro atoms. The molecule has 3 rings (SSSR count). The summed E-state index contributed by atoms with van der Waals surface area (Å²) in [4.78, 5) is 41.1. The molecule has 0 saturated carbocycles. The van der Waals surface area contributed by atoms with Gasteiger partial charge in [0.2, 0.25) is 6.10 Å². The summed E-state index contributed by atoms with van der Waals surface area (Å²) in [6.45, 7) is 8.66. The summed E-state index contributed by atoms with van der Waals surface area (Å²) in [6.07, 6.45) is -3.21. The summed E-state index contributed by atoms with van der Waals surface area (Å²) in [5.41, 5.74) is 6.60. The maximum atomic E-state index is 16.4. The van der Waals surface area contributed by atoms with Crippen LogP contribution in [0, 0.1) is 17.8 Å². The second kappa shape index (κ2) is 10.1. The first-order chi connectivity index (χ1) is 16.4. The van der Waals surface area contributed by atoms with E-state index < -0.39 is 66.4 Å². The molecule has 0 bridgehead atoms. The molecule has 3 heterocycles. The molecule has 0 amide bonds. The lowest BCUT2D eigenvalue weighted by molar-refractivity contribution is -0.221. The molecule has 1 saturated heterocycles. The summed E-state index contributed by atoms with van der Waals surface area (Å²) in [5, 5.41) is 4.14. The monoisotopic (exact) mass is 494 g/mol.